The van der Waals surface area contributed by atoms with Crippen molar-refractivity contribution in [2.24, 2.45) is 0 Å². The van der Waals surface area contributed by atoms with Gasteiger partial charge in [-0.1, -0.05) is 17.4 Å². The van der Waals surface area contributed by atoms with Gasteiger partial charge in [0.25, 0.3) is 5.91 Å². The van der Waals surface area contributed by atoms with Crippen LogP contribution in [0, 0.1) is 13.8 Å². The zero-order valence-corrected chi connectivity index (χ0v) is 11.3. The fourth-order valence-corrected chi connectivity index (χ4v) is 2.79. The van der Waals surface area contributed by atoms with E-state index < -0.39 is 0 Å². The molecule has 6 heteroatoms. The number of fused-ring (bicyclic) bond motifs is 1. The third kappa shape index (κ3) is 2.22. The zero-order valence-electron chi connectivity index (χ0n) is 10.5. The first kappa shape index (κ1) is 11.9. The van der Waals surface area contributed by atoms with Gasteiger partial charge >= 0.3 is 0 Å². The van der Waals surface area contributed by atoms with Gasteiger partial charge in [0.2, 0.25) is 0 Å². The van der Waals surface area contributed by atoms with Crippen LogP contribution in [0.4, 0.5) is 5.13 Å². The Kier molecular flexibility index (Phi) is 2.79. The van der Waals surface area contributed by atoms with E-state index in [1.54, 1.807) is 0 Å². The first-order valence-corrected chi connectivity index (χ1v) is 6.63. The van der Waals surface area contributed by atoms with Crippen molar-refractivity contribution >= 4 is 32.6 Å². The second-order valence-electron chi connectivity index (χ2n) is 4.35. The number of carbonyl (C=O) groups excluding carboxylic acids is 1. The molecule has 3 rings (SSSR count). The highest BCUT2D eigenvalue weighted by Crippen LogP contribution is 2.27. The summed E-state index contributed by atoms with van der Waals surface area (Å²) in [5.74, 6) is -0.193. The predicted molar refractivity (Wildman–Crippen MR) is 75.6 cm³/mol. The second kappa shape index (κ2) is 4.47. The summed E-state index contributed by atoms with van der Waals surface area (Å²) in [4.78, 5) is 16.4. The molecule has 0 radical (unpaired) electrons. The van der Waals surface area contributed by atoms with Crippen LogP contribution in [0.3, 0.4) is 0 Å². The first-order chi connectivity index (χ1) is 9.13. The maximum atomic E-state index is 12.0. The van der Waals surface area contributed by atoms with E-state index in [0.717, 1.165) is 15.9 Å². The average Bonchev–Trinajstić information content (AvgIpc) is 2.94. The van der Waals surface area contributed by atoms with Crippen molar-refractivity contribution in [3.8, 4) is 0 Å². The van der Waals surface area contributed by atoms with Crippen LogP contribution < -0.4 is 5.32 Å². The van der Waals surface area contributed by atoms with E-state index in [2.05, 4.69) is 26.6 Å². The smallest absolute Gasteiger partial charge is 0.260 e. The monoisotopic (exact) mass is 272 g/mol. The molecule has 1 amide bonds. The van der Waals surface area contributed by atoms with Gasteiger partial charge < -0.3 is 0 Å². The Labute approximate surface area is 113 Å². The molecule has 2 N–H and O–H groups in total. The lowest BCUT2D eigenvalue weighted by molar-refractivity contribution is 0.102. The number of nitrogens with one attached hydrogen (secondary N) is 2. The summed E-state index contributed by atoms with van der Waals surface area (Å²) in [6.45, 7) is 3.84. The third-order valence-corrected chi connectivity index (χ3v) is 3.77. The number of aromatic nitrogens is 3. The van der Waals surface area contributed by atoms with Crippen molar-refractivity contribution < 1.29 is 4.79 Å². The number of anilines is 1. The molecule has 0 unspecified atom stereocenters. The van der Waals surface area contributed by atoms with Crippen LogP contribution in [-0.2, 0) is 0 Å². The summed E-state index contributed by atoms with van der Waals surface area (Å²) in [6.07, 6.45) is 1.52. The Morgan fingerprint density at radius 3 is 2.95 bits per heavy atom. The number of aryl methyl sites for hydroxylation is 2. The van der Waals surface area contributed by atoms with E-state index in [9.17, 15) is 4.79 Å². The van der Waals surface area contributed by atoms with Gasteiger partial charge in [-0.15, -0.1) is 0 Å². The molecule has 0 aliphatic carbocycles. The SMILES string of the molecule is Cc1ccc2nc(NC(=O)c3cn[nH]c3C)sc2c1. The zero-order chi connectivity index (χ0) is 13.4. The van der Waals surface area contributed by atoms with Crippen LogP contribution in [0.2, 0.25) is 0 Å². The Balaban J connectivity index is 1.89. The van der Waals surface area contributed by atoms with E-state index >= 15 is 0 Å². The highest BCUT2D eigenvalue weighted by atomic mass is 32.1. The van der Waals surface area contributed by atoms with Crippen molar-refractivity contribution in [3.63, 3.8) is 0 Å². The van der Waals surface area contributed by atoms with E-state index in [0.29, 0.717) is 10.7 Å². The predicted octanol–water partition coefficient (Wildman–Crippen LogP) is 2.89. The Hall–Kier alpha value is -2.21. The number of benzene rings is 1. The van der Waals surface area contributed by atoms with Crippen molar-refractivity contribution in [3.05, 3.63) is 41.2 Å². The number of rotatable bonds is 2. The van der Waals surface area contributed by atoms with Crippen LogP contribution >= 0.6 is 11.3 Å². The number of aromatic amines is 1. The maximum absolute atomic E-state index is 12.0. The summed E-state index contributed by atoms with van der Waals surface area (Å²) in [7, 11) is 0. The first-order valence-electron chi connectivity index (χ1n) is 5.82. The van der Waals surface area contributed by atoms with E-state index in [1.807, 2.05) is 26.0 Å². The number of amides is 1. The summed E-state index contributed by atoms with van der Waals surface area (Å²) in [5.41, 5.74) is 3.36. The highest BCUT2D eigenvalue weighted by molar-refractivity contribution is 7.22. The van der Waals surface area contributed by atoms with E-state index in [-0.39, 0.29) is 5.91 Å². The van der Waals surface area contributed by atoms with Crippen LogP contribution in [-0.4, -0.2) is 21.1 Å². The lowest BCUT2D eigenvalue weighted by atomic mass is 10.2. The standard InChI is InChI=1S/C13H12N4OS/c1-7-3-4-10-11(5-7)19-13(15-10)16-12(18)9-6-14-17-8(9)2/h3-6H,1-2H3,(H,14,17)(H,15,16,18). The van der Waals surface area contributed by atoms with Crippen LogP contribution in [0.1, 0.15) is 21.6 Å². The van der Waals surface area contributed by atoms with Gasteiger partial charge in [-0.25, -0.2) is 4.98 Å². The molecule has 0 aliphatic rings. The third-order valence-electron chi connectivity index (χ3n) is 2.84. The number of carbonyl (C=O) groups is 1. The molecule has 1 aromatic carbocycles. The van der Waals surface area contributed by atoms with Gasteiger partial charge in [0.15, 0.2) is 5.13 Å². The molecule has 2 aromatic heterocycles. The Morgan fingerprint density at radius 2 is 2.21 bits per heavy atom. The van der Waals surface area contributed by atoms with Crippen molar-refractivity contribution in [2.45, 2.75) is 13.8 Å². The molecule has 0 atom stereocenters. The van der Waals surface area contributed by atoms with Crippen LogP contribution in [0.25, 0.3) is 10.2 Å². The maximum Gasteiger partial charge on any atom is 0.260 e. The largest absolute Gasteiger partial charge is 0.298 e. The molecular formula is C13H12N4OS. The van der Waals surface area contributed by atoms with Crippen LogP contribution in [0.5, 0.6) is 0 Å². The molecule has 3 aromatic rings. The van der Waals surface area contributed by atoms with Crippen molar-refractivity contribution in [1.82, 2.24) is 15.2 Å². The quantitative estimate of drug-likeness (QED) is 0.753. The van der Waals surface area contributed by atoms with Crippen molar-refractivity contribution in [2.75, 3.05) is 5.32 Å². The Bertz CT molecular complexity index is 759. The average molecular weight is 272 g/mol. The van der Waals surface area contributed by atoms with Gasteiger partial charge in [0.1, 0.15) is 0 Å². The van der Waals surface area contributed by atoms with Gasteiger partial charge in [0, 0.05) is 5.69 Å². The summed E-state index contributed by atoms with van der Waals surface area (Å²) in [5, 5.41) is 9.98. The molecular weight excluding hydrogens is 260 g/mol. The van der Waals surface area contributed by atoms with E-state index in [1.165, 1.54) is 23.1 Å². The summed E-state index contributed by atoms with van der Waals surface area (Å²) >= 11 is 1.47. The molecule has 0 aliphatic heterocycles. The minimum atomic E-state index is -0.193. The van der Waals surface area contributed by atoms with Crippen LogP contribution in [0.15, 0.2) is 24.4 Å². The molecule has 19 heavy (non-hydrogen) atoms. The molecule has 2 heterocycles. The van der Waals surface area contributed by atoms with Gasteiger partial charge in [-0.05, 0) is 31.5 Å². The van der Waals surface area contributed by atoms with Gasteiger partial charge in [-0.2, -0.15) is 5.10 Å². The highest BCUT2D eigenvalue weighted by Gasteiger charge is 2.13. The van der Waals surface area contributed by atoms with Crippen molar-refractivity contribution in [1.29, 1.82) is 0 Å². The molecule has 5 nitrogen and oxygen atoms in total. The molecule has 96 valence electrons. The molecule has 0 spiro atoms. The Morgan fingerprint density at radius 1 is 1.37 bits per heavy atom. The molecule has 0 fully saturated rings. The lowest BCUT2D eigenvalue weighted by Gasteiger charge is -1.98. The van der Waals surface area contributed by atoms with Gasteiger partial charge in [-0.3, -0.25) is 15.2 Å². The van der Waals surface area contributed by atoms with E-state index in [4.69, 9.17) is 0 Å². The summed E-state index contributed by atoms with van der Waals surface area (Å²) < 4.78 is 1.07. The minimum absolute atomic E-state index is 0.193. The fourth-order valence-electron chi connectivity index (χ4n) is 1.83. The topological polar surface area (TPSA) is 70.7 Å². The summed E-state index contributed by atoms with van der Waals surface area (Å²) in [6, 6.07) is 6.03. The van der Waals surface area contributed by atoms with Gasteiger partial charge in [0.05, 0.1) is 22.0 Å². The number of hydrogen-bond donors (Lipinski definition) is 2. The normalized spacial score (nSPS) is 10.8. The second-order valence-corrected chi connectivity index (χ2v) is 5.38. The number of nitrogens with zero attached hydrogens (tertiary/aromatic N) is 2. The fraction of sp³-hybridized carbons (Fsp3) is 0.154. The molecule has 0 saturated carbocycles. The number of H-pyrrole nitrogens is 1. The molecule has 0 saturated heterocycles. The number of thiazole rings is 1. The minimum Gasteiger partial charge on any atom is -0.298 e. The lowest BCUT2D eigenvalue weighted by Crippen LogP contribution is -2.11. The molecule has 0 bridgehead atoms. The number of hydrogen-bond acceptors (Lipinski definition) is 4.